The second kappa shape index (κ2) is 6.11. The molecule has 0 aliphatic rings. The average Bonchev–Trinajstić information content (AvgIpc) is 2.88. The third-order valence-electron chi connectivity index (χ3n) is 3.38. The molecule has 0 saturated carbocycles. The molecule has 1 atom stereocenters. The van der Waals surface area contributed by atoms with Gasteiger partial charge in [0, 0.05) is 31.1 Å². The molecule has 0 aliphatic heterocycles. The molecule has 0 unspecified atom stereocenters. The molecule has 22 heavy (non-hydrogen) atoms. The molecular formula is C16H19N5O. The molecule has 0 amide bonds. The fourth-order valence-electron chi connectivity index (χ4n) is 2.45. The molecular weight excluding hydrogens is 278 g/mol. The lowest BCUT2D eigenvalue weighted by atomic mass is 10.2. The van der Waals surface area contributed by atoms with Crippen molar-refractivity contribution in [1.29, 1.82) is 0 Å². The van der Waals surface area contributed by atoms with E-state index in [-0.39, 0.29) is 6.04 Å². The fourth-order valence-corrected chi connectivity index (χ4v) is 2.45. The first-order valence-electron chi connectivity index (χ1n) is 7.18. The van der Waals surface area contributed by atoms with Crippen LogP contribution in [0.5, 0.6) is 0 Å². The first-order valence-corrected chi connectivity index (χ1v) is 7.18. The summed E-state index contributed by atoms with van der Waals surface area (Å²) >= 11 is 0. The van der Waals surface area contributed by atoms with E-state index in [4.69, 9.17) is 4.74 Å². The Morgan fingerprint density at radius 2 is 2.09 bits per heavy atom. The largest absolute Gasteiger partial charge is 0.382 e. The van der Waals surface area contributed by atoms with Gasteiger partial charge >= 0.3 is 0 Å². The van der Waals surface area contributed by atoms with Gasteiger partial charge in [-0.2, -0.15) is 9.61 Å². The van der Waals surface area contributed by atoms with Crippen LogP contribution in [0.25, 0.3) is 5.65 Å². The molecule has 6 heteroatoms. The number of anilines is 1. The van der Waals surface area contributed by atoms with Gasteiger partial charge in [0.05, 0.1) is 24.0 Å². The summed E-state index contributed by atoms with van der Waals surface area (Å²) in [5.74, 6) is 0.878. The number of hydrogen-bond donors (Lipinski definition) is 1. The number of methoxy groups -OCH3 is 1. The minimum atomic E-state index is -0.0549. The molecule has 3 aromatic rings. The Labute approximate surface area is 129 Å². The molecule has 0 aromatic carbocycles. The first kappa shape index (κ1) is 14.5. The van der Waals surface area contributed by atoms with Crippen molar-refractivity contribution in [1.82, 2.24) is 19.6 Å². The molecule has 3 heterocycles. The van der Waals surface area contributed by atoms with Gasteiger partial charge in [-0.25, -0.2) is 4.98 Å². The van der Waals surface area contributed by atoms with E-state index < -0.39 is 0 Å². The summed E-state index contributed by atoms with van der Waals surface area (Å²) in [6.45, 7) is 4.44. The lowest BCUT2D eigenvalue weighted by Gasteiger charge is -2.19. The van der Waals surface area contributed by atoms with Crippen LogP contribution in [0.3, 0.4) is 0 Å². The second-order valence-electron chi connectivity index (χ2n) is 5.25. The van der Waals surface area contributed by atoms with Crippen molar-refractivity contribution in [3.05, 3.63) is 53.6 Å². The number of fused-ring (bicyclic) bond motifs is 1. The Balaban J connectivity index is 1.99. The zero-order valence-corrected chi connectivity index (χ0v) is 12.9. The molecule has 114 valence electrons. The summed E-state index contributed by atoms with van der Waals surface area (Å²) in [6, 6.07) is 9.74. The smallest absolute Gasteiger partial charge is 0.157 e. The van der Waals surface area contributed by atoms with Gasteiger partial charge in [0.1, 0.15) is 5.82 Å². The van der Waals surface area contributed by atoms with E-state index >= 15 is 0 Å². The molecule has 0 saturated heterocycles. The first-order chi connectivity index (χ1) is 10.7. The van der Waals surface area contributed by atoms with E-state index in [2.05, 4.69) is 20.4 Å². The van der Waals surface area contributed by atoms with Crippen molar-refractivity contribution in [2.24, 2.45) is 0 Å². The molecule has 0 fully saturated rings. The van der Waals surface area contributed by atoms with Gasteiger partial charge in [0.15, 0.2) is 5.65 Å². The van der Waals surface area contributed by atoms with Crippen LogP contribution in [0, 0.1) is 13.8 Å². The Morgan fingerprint density at radius 3 is 2.82 bits per heavy atom. The van der Waals surface area contributed by atoms with Gasteiger partial charge < -0.3 is 10.1 Å². The van der Waals surface area contributed by atoms with Crippen LogP contribution < -0.4 is 5.32 Å². The van der Waals surface area contributed by atoms with Gasteiger partial charge in [0.2, 0.25) is 0 Å². The summed E-state index contributed by atoms with van der Waals surface area (Å²) in [5.41, 5.74) is 3.63. The molecule has 0 aliphatic carbocycles. The van der Waals surface area contributed by atoms with Crippen LogP contribution >= 0.6 is 0 Å². The van der Waals surface area contributed by atoms with E-state index in [1.54, 1.807) is 13.3 Å². The maximum atomic E-state index is 5.33. The van der Waals surface area contributed by atoms with E-state index in [1.165, 1.54) is 0 Å². The van der Waals surface area contributed by atoms with Crippen molar-refractivity contribution in [3.8, 4) is 0 Å². The number of nitrogens with one attached hydrogen (secondary N) is 1. The van der Waals surface area contributed by atoms with Crippen molar-refractivity contribution >= 4 is 11.5 Å². The van der Waals surface area contributed by atoms with Crippen molar-refractivity contribution in [2.45, 2.75) is 19.9 Å². The maximum Gasteiger partial charge on any atom is 0.157 e. The SMILES string of the molecule is COC[C@@H](Nc1cc(C)nc2cc(C)nn12)c1ccccn1. The van der Waals surface area contributed by atoms with Crippen LogP contribution in [0.15, 0.2) is 36.5 Å². The van der Waals surface area contributed by atoms with Crippen molar-refractivity contribution < 1.29 is 4.74 Å². The number of nitrogens with zero attached hydrogens (tertiary/aromatic N) is 4. The van der Waals surface area contributed by atoms with Crippen LogP contribution in [0.4, 0.5) is 5.82 Å². The Hall–Kier alpha value is -2.47. The Morgan fingerprint density at radius 1 is 1.23 bits per heavy atom. The van der Waals surface area contributed by atoms with Gasteiger partial charge in [0.25, 0.3) is 0 Å². The fraction of sp³-hybridized carbons (Fsp3) is 0.312. The molecule has 0 bridgehead atoms. The number of hydrogen-bond acceptors (Lipinski definition) is 5. The van der Waals surface area contributed by atoms with E-state index in [0.717, 1.165) is 28.5 Å². The number of ether oxygens (including phenoxy) is 1. The predicted molar refractivity (Wildman–Crippen MR) is 84.9 cm³/mol. The summed E-state index contributed by atoms with van der Waals surface area (Å²) in [4.78, 5) is 8.91. The Bertz CT molecular complexity index is 769. The number of aromatic nitrogens is 4. The summed E-state index contributed by atoms with van der Waals surface area (Å²) in [7, 11) is 1.68. The van der Waals surface area contributed by atoms with Gasteiger partial charge in [-0.3, -0.25) is 4.98 Å². The molecule has 6 nitrogen and oxygen atoms in total. The Kier molecular flexibility index (Phi) is 4.02. The number of rotatable bonds is 5. The third kappa shape index (κ3) is 2.92. The lowest BCUT2D eigenvalue weighted by Crippen LogP contribution is -2.19. The quantitative estimate of drug-likeness (QED) is 0.784. The number of aryl methyl sites for hydroxylation is 2. The maximum absolute atomic E-state index is 5.33. The zero-order valence-electron chi connectivity index (χ0n) is 12.9. The normalized spacial score (nSPS) is 12.5. The van der Waals surface area contributed by atoms with E-state index in [0.29, 0.717) is 6.61 Å². The minimum Gasteiger partial charge on any atom is -0.382 e. The van der Waals surface area contributed by atoms with Crippen LogP contribution in [-0.4, -0.2) is 33.3 Å². The highest BCUT2D eigenvalue weighted by Crippen LogP contribution is 2.20. The summed E-state index contributed by atoms with van der Waals surface area (Å²) in [6.07, 6.45) is 1.78. The highest BCUT2D eigenvalue weighted by atomic mass is 16.5. The highest BCUT2D eigenvalue weighted by Gasteiger charge is 2.15. The van der Waals surface area contributed by atoms with Crippen molar-refractivity contribution in [3.63, 3.8) is 0 Å². The standard InChI is InChI=1S/C16H19N5O/c1-11-8-16(21-15(18-11)9-12(2)20-21)19-14(10-22-3)13-6-4-5-7-17-13/h4-9,14,19H,10H2,1-3H3/t14-/m1/s1. The third-order valence-corrected chi connectivity index (χ3v) is 3.38. The van der Waals surface area contributed by atoms with Crippen LogP contribution in [-0.2, 0) is 4.74 Å². The molecule has 3 rings (SSSR count). The monoisotopic (exact) mass is 297 g/mol. The van der Waals surface area contributed by atoms with Crippen LogP contribution in [0.2, 0.25) is 0 Å². The lowest BCUT2D eigenvalue weighted by molar-refractivity contribution is 0.185. The predicted octanol–water partition coefficient (Wildman–Crippen LogP) is 2.54. The summed E-state index contributed by atoms with van der Waals surface area (Å²) in [5, 5.41) is 7.96. The van der Waals surface area contributed by atoms with E-state index in [1.807, 2.05) is 48.7 Å². The van der Waals surface area contributed by atoms with Gasteiger partial charge in [-0.15, -0.1) is 0 Å². The van der Waals surface area contributed by atoms with E-state index in [9.17, 15) is 0 Å². The van der Waals surface area contributed by atoms with Crippen molar-refractivity contribution in [2.75, 3.05) is 19.0 Å². The van der Waals surface area contributed by atoms with Gasteiger partial charge in [-0.05, 0) is 26.0 Å². The molecule has 0 radical (unpaired) electrons. The molecule has 0 spiro atoms. The second-order valence-corrected chi connectivity index (χ2v) is 5.25. The highest BCUT2D eigenvalue weighted by molar-refractivity contribution is 5.51. The minimum absolute atomic E-state index is 0.0549. The van der Waals surface area contributed by atoms with Gasteiger partial charge in [-0.1, -0.05) is 6.07 Å². The summed E-state index contributed by atoms with van der Waals surface area (Å²) < 4.78 is 7.14. The van der Waals surface area contributed by atoms with Crippen LogP contribution in [0.1, 0.15) is 23.1 Å². The zero-order chi connectivity index (χ0) is 15.5. The average molecular weight is 297 g/mol. The topological polar surface area (TPSA) is 64.3 Å². The molecule has 3 aromatic heterocycles. The molecule has 1 N–H and O–H groups in total. The number of pyridine rings is 1.